The fourth-order valence-corrected chi connectivity index (χ4v) is 4.65. The Morgan fingerprint density at radius 1 is 1.05 bits per heavy atom. The SMILES string of the molecule is COc1cc(-c2cccc3nc([C@@H](C)Nc4nc(N)ncc4C(=O)N4CC4)n(-c4ccccc4)c(=O)c23)ccn1. The summed E-state index contributed by atoms with van der Waals surface area (Å²) in [6.45, 7) is 3.22. The van der Waals surface area contributed by atoms with Crippen molar-refractivity contribution < 1.29 is 9.53 Å². The van der Waals surface area contributed by atoms with E-state index in [4.69, 9.17) is 15.5 Å². The number of rotatable bonds is 7. The maximum atomic E-state index is 14.3. The largest absolute Gasteiger partial charge is 0.481 e. The van der Waals surface area contributed by atoms with E-state index in [0.717, 1.165) is 5.56 Å². The fourth-order valence-electron chi connectivity index (χ4n) is 4.65. The Hall–Kier alpha value is -5.32. The van der Waals surface area contributed by atoms with Gasteiger partial charge in [0.25, 0.3) is 11.5 Å². The van der Waals surface area contributed by atoms with Crippen molar-refractivity contribution in [2.75, 3.05) is 31.2 Å². The van der Waals surface area contributed by atoms with Gasteiger partial charge < -0.3 is 20.7 Å². The number of anilines is 2. The Bertz CT molecular complexity index is 1800. The van der Waals surface area contributed by atoms with Crippen LogP contribution in [-0.2, 0) is 0 Å². The molecule has 0 aliphatic carbocycles. The first kappa shape index (κ1) is 25.0. The van der Waals surface area contributed by atoms with Crippen molar-refractivity contribution in [3.8, 4) is 22.7 Å². The molecule has 0 radical (unpaired) electrons. The molecular formula is C29H26N8O3. The predicted octanol–water partition coefficient (Wildman–Crippen LogP) is 3.46. The molecular weight excluding hydrogens is 508 g/mol. The Morgan fingerprint density at radius 2 is 1.85 bits per heavy atom. The molecule has 0 unspecified atom stereocenters. The maximum Gasteiger partial charge on any atom is 0.266 e. The van der Waals surface area contributed by atoms with Crippen LogP contribution in [0.4, 0.5) is 11.8 Å². The number of carbonyl (C=O) groups excluding carboxylic acids is 1. The average Bonchev–Trinajstić information content (AvgIpc) is 3.83. The van der Waals surface area contributed by atoms with Crippen molar-refractivity contribution >= 4 is 28.6 Å². The number of pyridine rings is 1. The lowest BCUT2D eigenvalue weighted by Gasteiger charge is -2.21. The number of para-hydroxylation sites is 1. The number of aromatic nitrogens is 5. The monoisotopic (exact) mass is 534 g/mol. The van der Waals surface area contributed by atoms with Crippen molar-refractivity contribution in [2.45, 2.75) is 13.0 Å². The second-order valence-corrected chi connectivity index (χ2v) is 9.38. The number of nitrogens with one attached hydrogen (secondary N) is 1. The highest BCUT2D eigenvalue weighted by Crippen LogP contribution is 2.30. The minimum atomic E-state index is -0.544. The lowest BCUT2D eigenvalue weighted by molar-refractivity contribution is 0.0885. The van der Waals surface area contributed by atoms with Gasteiger partial charge in [0.2, 0.25) is 11.8 Å². The van der Waals surface area contributed by atoms with Crippen LogP contribution in [0.5, 0.6) is 5.88 Å². The van der Waals surface area contributed by atoms with Crippen LogP contribution < -0.4 is 21.3 Å². The Balaban J connectivity index is 1.53. The number of ether oxygens (including phenoxy) is 1. The first-order valence-corrected chi connectivity index (χ1v) is 12.7. The third kappa shape index (κ3) is 4.57. The van der Waals surface area contributed by atoms with Crippen molar-refractivity contribution in [3.63, 3.8) is 0 Å². The van der Waals surface area contributed by atoms with E-state index >= 15 is 0 Å². The molecule has 1 amide bonds. The molecule has 40 heavy (non-hydrogen) atoms. The molecule has 0 saturated carbocycles. The number of hydrogen-bond acceptors (Lipinski definition) is 9. The van der Waals surface area contributed by atoms with E-state index < -0.39 is 6.04 Å². The van der Waals surface area contributed by atoms with Crippen molar-refractivity contribution in [1.29, 1.82) is 0 Å². The first-order chi connectivity index (χ1) is 19.4. The van der Waals surface area contributed by atoms with Gasteiger partial charge in [-0.2, -0.15) is 4.98 Å². The van der Waals surface area contributed by atoms with Gasteiger partial charge in [-0.1, -0.05) is 30.3 Å². The summed E-state index contributed by atoms with van der Waals surface area (Å²) in [5.41, 5.74) is 8.61. The molecule has 1 saturated heterocycles. The van der Waals surface area contributed by atoms with Crippen LogP contribution in [-0.4, -0.2) is 55.5 Å². The minimum Gasteiger partial charge on any atom is -0.481 e. The third-order valence-corrected chi connectivity index (χ3v) is 6.71. The quantitative estimate of drug-likeness (QED) is 0.300. The summed E-state index contributed by atoms with van der Waals surface area (Å²) in [5, 5.41) is 3.73. The van der Waals surface area contributed by atoms with Gasteiger partial charge >= 0.3 is 0 Å². The van der Waals surface area contributed by atoms with E-state index in [0.29, 0.717) is 52.5 Å². The van der Waals surface area contributed by atoms with E-state index in [-0.39, 0.29) is 23.2 Å². The van der Waals surface area contributed by atoms with Crippen LogP contribution in [0.1, 0.15) is 29.1 Å². The lowest BCUT2D eigenvalue weighted by atomic mass is 10.0. The molecule has 5 aromatic rings. The van der Waals surface area contributed by atoms with E-state index in [9.17, 15) is 9.59 Å². The van der Waals surface area contributed by atoms with Crippen molar-refractivity contribution in [2.24, 2.45) is 0 Å². The van der Waals surface area contributed by atoms with E-state index in [1.807, 2.05) is 61.5 Å². The number of methoxy groups -OCH3 is 1. The molecule has 1 aliphatic rings. The molecule has 0 bridgehead atoms. The van der Waals surface area contributed by atoms with Crippen LogP contribution >= 0.6 is 0 Å². The Labute approximate surface area is 229 Å². The van der Waals surface area contributed by atoms with Gasteiger partial charge in [0, 0.05) is 31.5 Å². The molecule has 3 aromatic heterocycles. The van der Waals surface area contributed by atoms with Crippen LogP contribution in [0.3, 0.4) is 0 Å². The second kappa shape index (κ2) is 10.1. The molecule has 4 heterocycles. The Kier molecular flexibility index (Phi) is 6.31. The number of nitrogens with two attached hydrogens (primary N) is 1. The maximum absolute atomic E-state index is 14.3. The number of fused-ring (bicyclic) bond motifs is 1. The summed E-state index contributed by atoms with van der Waals surface area (Å²) in [6, 6.07) is 17.9. The summed E-state index contributed by atoms with van der Waals surface area (Å²) < 4.78 is 6.89. The topological polar surface area (TPSA) is 141 Å². The van der Waals surface area contributed by atoms with E-state index in [1.54, 1.807) is 28.8 Å². The molecule has 0 spiro atoms. The van der Waals surface area contributed by atoms with Gasteiger partial charge in [-0.05, 0) is 42.3 Å². The zero-order chi connectivity index (χ0) is 27.8. The summed E-state index contributed by atoms with van der Waals surface area (Å²) in [6.07, 6.45) is 3.06. The first-order valence-electron chi connectivity index (χ1n) is 12.7. The van der Waals surface area contributed by atoms with Crippen molar-refractivity contribution in [1.82, 2.24) is 29.4 Å². The summed E-state index contributed by atoms with van der Waals surface area (Å²) in [4.78, 5) is 46.3. The molecule has 11 heteroatoms. The standard InChI is InChI=1S/C29H26N8O3/c1-17(33-25-21(16-32-29(30)35-25)27(38)36-13-14-36)26-34-22-10-6-9-20(18-11-12-31-23(15-18)40-2)24(22)28(39)37(26)19-7-4-3-5-8-19/h3-12,15-17H,13-14H2,1-2H3,(H3,30,32,33,35)/t17-/m1/s1. The third-order valence-electron chi connectivity index (χ3n) is 6.71. The van der Waals surface area contributed by atoms with Crippen LogP contribution in [0.15, 0.2) is 77.9 Å². The highest BCUT2D eigenvalue weighted by Gasteiger charge is 2.29. The van der Waals surface area contributed by atoms with E-state index in [2.05, 4.69) is 20.3 Å². The van der Waals surface area contributed by atoms with E-state index in [1.165, 1.54) is 6.20 Å². The molecule has 1 fully saturated rings. The number of hydrogen-bond donors (Lipinski definition) is 2. The normalized spacial score (nSPS) is 13.2. The van der Waals surface area contributed by atoms with Crippen LogP contribution in [0, 0.1) is 0 Å². The van der Waals surface area contributed by atoms with Gasteiger partial charge in [-0.15, -0.1) is 0 Å². The van der Waals surface area contributed by atoms with Gasteiger partial charge in [0.05, 0.1) is 29.7 Å². The molecule has 11 nitrogen and oxygen atoms in total. The molecule has 2 aromatic carbocycles. The average molecular weight is 535 g/mol. The van der Waals surface area contributed by atoms with Crippen LogP contribution in [0.25, 0.3) is 27.7 Å². The molecule has 200 valence electrons. The molecule has 6 rings (SSSR count). The number of carbonyl (C=O) groups is 1. The fraction of sp³-hybridized carbons (Fsp3) is 0.172. The summed E-state index contributed by atoms with van der Waals surface area (Å²) in [5.74, 6) is 1.01. The zero-order valence-electron chi connectivity index (χ0n) is 21.9. The number of nitrogen functional groups attached to an aromatic ring is 1. The minimum absolute atomic E-state index is 0.0291. The molecule has 3 N–H and O–H groups in total. The van der Waals surface area contributed by atoms with Gasteiger partial charge in [0.1, 0.15) is 17.2 Å². The number of amides is 1. The Morgan fingerprint density at radius 3 is 2.60 bits per heavy atom. The summed E-state index contributed by atoms with van der Waals surface area (Å²) >= 11 is 0. The predicted molar refractivity (Wildman–Crippen MR) is 152 cm³/mol. The molecule has 1 aliphatic heterocycles. The van der Waals surface area contributed by atoms with Gasteiger partial charge in [-0.3, -0.25) is 14.2 Å². The van der Waals surface area contributed by atoms with Gasteiger partial charge in [-0.25, -0.2) is 15.0 Å². The van der Waals surface area contributed by atoms with Crippen molar-refractivity contribution in [3.05, 3.63) is 94.8 Å². The highest BCUT2D eigenvalue weighted by atomic mass is 16.5. The smallest absolute Gasteiger partial charge is 0.266 e. The summed E-state index contributed by atoms with van der Waals surface area (Å²) in [7, 11) is 1.55. The highest BCUT2D eigenvalue weighted by molar-refractivity contribution is 6.00. The zero-order valence-corrected chi connectivity index (χ0v) is 21.9. The number of benzene rings is 2. The molecule has 1 atom stereocenters. The van der Waals surface area contributed by atoms with Crippen LogP contribution in [0.2, 0.25) is 0 Å². The number of nitrogens with zero attached hydrogens (tertiary/aromatic N) is 6. The lowest BCUT2D eigenvalue weighted by Crippen LogP contribution is -2.28. The van der Waals surface area contributed by atoms with Gasteiger partial charge in [0.15, 0.2) is 0 Å². The second-order valence-electron chi connectivity index (χ2n) is 9.38.